The number of nitrogens with two attached hydrogens (primary N) is 1. The highest BCUT2D eigenvalue weighted by atomic mass is 19.1. The quantitative estimate of drug-likeness (QED) is 0.812. The molecule has 0 saturated heterocycles. The third kappa shape index (κ3) is 3.47. The lowest BCUT2D eigenvalue weighted by Crippen LogP contribution is -2.45. The SMILES string of the molecule is CC1(C)CCCC(CN)(Nc2ccccc2F)CC1. The number of nitrogens with one attached hydrogen (secondary N) is 1. The van der Waals surface area contributed by atoms with Gasteiger partial charge in [0, 0.05) is 12.1 Å². The molecule has 1 fully saturated rings. The van der Waals surface area contributed by atoms with Crippen molar-refractivity contribution >= 4 is 5.69 Å². The molecule has 106 valence electrons. The zero-order valence-corrected chi connectivity index (χ0v) is 12.0. The van der Waals surface area contributed by atoms with E-state index in [1.165, 1.54) is 12.5 Å². The van der Waals surface area contributed by atoms with Gasteiger partial charge in [0.05, 0.1) is 5.69 Å². The summed E-state index contributed by atoms with van der Waals surface area (Å²) in [6.45, 7) is 5.17. The summed E-state index contributed by atoms with van der Waals surface area (Å²) in [7, 11) is 0. The van der Waals surface area contributed by atoms with Crippen molar-refractivity contribution in [3.05, 3.63) is 30.1 Å². The van der Waals surface area contributed by atoms with E-state index in [0.29, 0.717) is 17.6 Å². The molecule has 2 rings (SSSR count). The van der Waals surface area contributed by atoms with Gasteiger partial charge in [-0.3, -0.25) is 0 Å². The molecule has 1 aromatic carbocycles. The summed E-state index contributed by atoms with van der Waals surface area (Å²) in [5.41, 5.74) is 6.80. The molecule has 0 aliphatic heterocycles. The fourth-order valence-electron chi connectivity index (χ4n) is 2.96. The smallest absolute Gasteiger partial charge is 0.146 e. The van der Waals surface area contributed by atoms with E-state index in [1.807, 2.05) is 6.07 Å². The summed E-state index contributed by atoms with van der Waals surface area (Å²) in [5.74, 6) is -0.196. The molecule has 2 nitrogen and oxygen atoms in total. The molecular formula is C16H25FN2. The average Bonchev–Trinajstić information content (AvgIpc) is 2.52. The van der Waals surface area contributed by atoms with Crippen molar-refractivity contribution in [3.63, 3.8) is 0 Å². The van der Waals surface area contributed by atoms with Gasteiger partial charge in [0.1, 0.15) is 5.82 Å². The van der Waals surface area contributed by atoms with Crippen LogP contribution in [0.1, 0.15) is 46.0 Å². The second-order valence-electron chi connectivity index (χ2n) is 6.61. The van der Waals surface area contributed by atoms with Gasteiger partial charge in [0.15, 0.2) is 0 Å². The first-order valence-electron chi connectivity index (χ1n) is 7.19. The van der Waals surface area contributed by atoms with Crippen LogP contribution in [-0.4, -0.2) is 12.1 Å². The first kappa shape index (κ1) is 14.3. The predicted octanol–water partition coefficient (Wildman–Crippen LogP) is 3.93. The minimum Gasteiger partial charge on any atom is -0.376 e. The largest absolute Gasteiger partial charge is 0.376 e. The van der Waals surface area contributed by atoms with Gasteiger partial charge >= 0.3 is 0 Å². The number of anilines is 1. The van der Waals surface area contributed by atoms with Crippen molar-refractivity contribution in [1.82, 2.24) is 0 Å². The first-order chi connectivity index (χ1) is 8.96. The van der Waals surface area contributed by atoms with E-state index in [0.717, 1.165) is 25.7 Å². The zero-order chi connectivity index (χ0) is 13.9. The fourth-order valence-corrected chi connectivity index (χ4v) is 2.96. The molecule has 0 spiro atoms. The Labute approximate surface area is 115 Å². The Hall–Kier alpha value is -1.09. The molecule has 1 unspecified atom stereocenters. The molecule has 19 heavy (non-hydrogen) atoms. The lowest BCUT2D eigenvalue weighted by molar-refractivity contribution is 0.304. The lowest BCUT2D eigenvalue weighted by atomic mass is 9.83. The van der Waals surface area contributed by atoms with E-state index < -0.39 is 0 Å². The van der Waals surface area contributed by atoms with Crippen LogP contribution in [0, 0.1) is 11.2 Å². The van der Waals surface area contributed by atoms with Gasteiger partial charge in [-0.1, -0.05) is 32.4 Å². The Bertz CT molecular complexity index is 431. The van der Waals surface area contributed by atoms with Crippen LogP contribution < -0.4 is 11.1 Å². The molecule has 1 aromatic rings. The summed E-state index contributed by atoms with van der Waals surface area (Å²) in [6.07, 6.45) is 5.51. The molecule has 3 N–H and O–H groups in total. The van der Waals surface area contributed by atoms with Gasteiger partial charge in [-0.15, -0.1) is 0 Å². The van der Waals surface area contributed by atoms with Crippen molar-refractivity contribution < 1.29 is 4.39 Å². The predicted molar refractivity (Wildman–Crippen MR) is 78.7 cm³/mol. The second-order valence-corrected chi connectivity index (χ2v) is 6.61. The fraction of sp³-hybridized carbons (Fsp3) is 0.625. The van der Waals surface area contributed by atoms with Crippen LogP contribution in [0.15, 0.2) is 24.3 Å². The average molecular weight is 264 g/mol. The molecule has 1 aliphatic rings. The molecule has 0 amide bonds. The van der Waals surface area contributed by atoms with Gasteiger partial charge < -0.3 is 11.1 Å². The van der Waals surface area contributed by atoms with E-state index in [9.17, 15) is 4.39 Å². The van der Waals surface area contributed by atoms with Crippen molar-refractivity contribution in [3.8, 4) is 0 Å². The molecule has 1 atom stereocenters. The molecule has 0 bridgehead atoms. The van der Waals surface area contributed by atoms with Crippen LogP contribution in [0.4, 0.5) is 10.1 Å². The van der Waals surface area contributed by atoms with E-state index in [4.69, 9.17) is 5.73 Å². The summed E-state index contributed by atoms with van der Waals surface area (Å²) < 4.78 is 13.8. The van der Waals surface area contributed by atoms with E-state index in [2.05, 4.69) is 19.2 Å². The number of benzene rings is 1. The minimum atomic E-state index is -0.196. The van der Waals surface area contributed by atoms with Crippen LogP contribution in [-0.2, 0) is 0 Å². The Balaban J connectivity index is 2.17. The highest BCUT2D eigenvalue weighted by Crippen LogP contribution is 2.39. The number of halogens is 1. The van der Waals surface area contributed by atoms with Crippen LogP contribution in [0.5, 0.6) is 0 Å². The Kier molecular flexibility index (Phi) is 4.14. The molecule has 0 aromatic heterocycles. The van der Waals surface area contributed by atoms with Crippen molar-refractivity contribution in [2.75, 3.05) is 11.9 Å². The summed E-state index contributed by atoms with van der Waals surface area (Å²) in [6, 6.07) is 6.86. The molecule has 1 aliphatic carbocycles. The second kappa shape index (κ2) is 5.49. The minimum absolute atomic E-state index is 0.157. The van der Waals surface area contributed by atoms with Crippen molar-refractivity contribution in [2.24, 2.45) is 11.1 Å². The summed E-state index contributed by atoms with van der Waals surface area (Å²) in [5, 5.41) is 3.39. The Morgan fingerprint density at radius 1 is 1.16 bits per heavy atom. The summed E-state index contributed by atoms with van der Waals surface area (Å²) in [4.78, 5) is 0. The van der Waals surface area contributed by atoms with Crippen LogP contribution >= 0.6 is 0 Å². The van der Waals surface area contributed by atoms with Gasteiger partial charge in [-0.25, -0.2) is 4.39 Å². The van der Waals surface area contributed by atoms with Crippen molar-refractivity contribution in [1.29, 1.82) is 0 Å². The van der Waals surface area contributed by atoms with Gasteiger partial charge in [-0.05, 0) is 43.2 Å². The number of rotatable bonds is 3. The van der Waals surface area contributed by atoms with Gasteiger partial charge in [-0.2, -0.15) is 0 Å². The number of hydrogen-bond acceptors (Lipinski definition) is 2. The maximum atomic E-state index is 13.8. The summed E-state index contributed by atoms with van der Waals surface area (Å²) >= 11 is 0. The normalized spacial score (nSPS) is 26.7. The van der Waals surface area contributed by atoms with Crippen LogP contribution in [0.25, 0.3) is 0 Å². The maximum absolute atomic E-state index is 13.8. The number of hydrogen-bond donors (Lipinski definition) is 2. The zero-order valence-electron chi connectivity index (χ0n) is 12.0. The highest BCUT2D eigenvalue weighted by molar-refractivity contribution is 5.47. The third-order valence-corrected chi connectivity index (χ3v) is 4.45. The number of para-hydroxylation sites is 1. The molecule has 0 radical (unpaired) electrons. The van der Waals surface area contributed by atoms with Crippen LogP contribution in [0.3, 0.4) is 0 Å². The topological polar surface area (TPSA) is 38.0 Å². The monoisotopic (exact) mass is 264 g/mol. The first-order valence-corrected chi connectivity index (χ1v) is 7.19. The standard InChI is InChI=1S/C16H25FN2/c1-15(2)8-5-9-16(12-18,11-10-15)19-14-7-4-3-6-13(14)17/h3-4,6-7,19H,5,8-12,18H2,1-2H3. The Morgan fingerprint density at radius 2 is 1.89 bits per heavy atom. The molecule has 0 heterocycles. The van der Waals surface area contributed by atoms with Gasteiger partial charge in [0.25, 0.3) is 0 Å². The molecule has 3 heteroatoms. The van der Waals surface area contributed by atoms with E-state index in [1.54, 1.807) is 12.1 Å². The highest BCUT2D eigenvalue weighted by Gasteiger charge is 2.34. The maximum Gasteiger partial charge on any atom is 0.146 e. The van der Waals surface area contributed by atoms with Crippen LogP contribution in [0.2, 0.25) is 0 Å². The van der Waals surface area contributed by atoms with E-state index in [-0.39, 0.29) is 11.4 Å². The molecule has 1 saturated carbocycles. The van der Waals surface area contributed by atoms with Gasteiger partial charge in [0.2, 0.25) is 0 Å². The lowest BCUT2D eigenvalue weighted by Gasteiger charge is -2.34. The van der Waals surface area contributed by atoms with Crippen molar-refractivity contribution in [2.45, 2.75) is 51.5 Å². The Morgan fingerprint density at radius 3 is 2.58 bits per heavy atom. The van der Waals surface area contributed by atoms with E-state index >= 15 is 0 Å². The molecular weight excluding hydrogens is 239 g/mol. The third-order valence-electron chi connectivity index (χ3n) is 4.45.